The van der Waals surface area contributed by atoms with Gasteiger partial charge in [-0.3, -0.25) is 4.79 Å². The zero-order valence-electron chi connectivity index (χ0n) is 15.3. The van der Waals surface area contributed by atoms with Crippen molar-refractivity contribution < 1.29 is 4.79 Å². The second-order valence-electron chi connectivity index (χ2n) is 5.74. The highest BCUT2D eigenvalue weighted by atomic mass is 35.5. The SMILES string of the molecule is C/C(=N/NC(=O)CSc1nnc(SCc2ccccc2Cl)s1)c1ccc(Cl)cc1. The third kappa shape index (κ3) is 7.01. The molecule has 1 aromatic heterocycles. The number of nitrogens with zero attached hydrogens (tertiary/aromatic N) is 3. The highest BCUT2D eigenvalue weighted by Gasteiger charge is 2.10. The Kier molecular flexibility index (Phi) is 8.38. The first kappa shape index (κ1) is 22.1. The molecule has 29 heavy (non-hydrogen) atoms. The number of benzene rings is 2. The number of carbonyl (C=O) groups is 1. The molecule has 0 spiro atoms. The van der Waals surface area contributed by atoms with E-state index in [9.17, 15) is 4.79 Å². The average molecular weight is 483 g/mol. The molecular weight excluding hydrogens is 467 g/mol. The first-order chi connectivity index (χ1) is 14.0. The van der Waals surface area contributed by atoms with Crippen molar-refractivity contribution in [3.63, 3.8) is 0 Å². The molecule has 0 fully saturated rings. The van der Waals surface area contributed by atoms with Crippen LogP contribution in [0.2, 0.25) is 10.0 Å². The lowest BCUT2D eigenvalue weighted by Crippen LogP contribution is -2.21. The van der Waals surface area contributed by atoms with Crippen molar-refractivity contribution in [2.24, 2.45) is 5.10 Å². The number of nitrogens with one attached hydrogen (secondary N) is 1. The summed E-state index contributed by atoms with van der Waals surface area (Å²) in [6.45, 7) is 1.82. The number of halogens is 2. The molecule has 0 aliphatic rings. The smallest absolute Gasteiger partial charge is 0.250 e. The predicted octanol–water partition coefficient (Wildman–Crippen LogP) is 5.77. The van der Waals surface area contributed by atoms with E-state index < -0.39 is 0 Å². The summed E-state index contributed by atoms with van der Waals surface area (Å²) in [7, 11) is 0. The Labute approximate surface area is 191 Å². The molecule has 0 atom stereocenters. The van der Waals surface area contributed by atoms with Crippen molar-refractivity contribution in [3.05, 3.63) is 69.7 Å². The Balaban J connectivity index is 1.45. The molecule has 5 nitrogen and oxygen atoms in total. The Morgan fingerprint density at radius 3 is 2.48 bits per heavy atom. The molecule has 0 radical (unpaired) electrons. The van der Waals surface area contributed by atoms with Crippen LogP contribution in [0, 0.1) is 0 Å². The molecular formula is C19H16Cl2N4OS3. The fraction of sp³-hybridized carbons (Fsp3) is 0.158. The summed E-state index contributed by atoms with van der Waals surface area (Å²) in [4.78, 5) is 12.0. The Morgan fingerprint density at radius 2 is 1.76 bits per heavy atom. The summed E-state index contributed by atoms with van der Waals surface area (Å²) in [5, 5.41) is 13.8. The van der Waals surface area contributed by atoms with Crippen LogP contribution in [0.4, 0.5) is 0 Å². The monoisotopic (exact) mass is 482 g/mol. The quantitative estimate of drug-likeness (QED) is 0.250. The highest BCUT2D eigenvalue weighted by Crippen LogP contribution is 2.32. The number of hydrogen-bond donors (Lipinski definition) is 1. The Bertz CT molecular complexity index is 1010. The van der Waals surface area contributed by atoms with Crippen LogP contribution in [-0.2, 0) is 10.5 Å². The average Bonchev–Trinajstić information content (AvgIpc) is 3.18. The number of hydrogen-bond acceptors (Lipinski definition) is 7. The van der Waals surface area contributed by atoms with Crippen LogP contribution < -0.4 is 5.43 Å². The van der Waals surface area contributed by atoms with Gasteiger partial charge in [0, 0.05) is 15.8 Å². The van der Waals surface area contributed by atoms with E-state index >= 15 is 0 Å². The van der Waals surface area contributed by atoms with E-state index in [1.165, 1.54) is 23.1 Å². The van der Waals surface area contributed by atoms with Gasteiger partial charge < -0.3 is 0 Å². The molecule has 10 heteroatoms. The number of amides is 1. The maximum Gasteiger partial charge on any atom is 0.250 e. The third-order valence-corrected chi connectivity index (χ3v) is 7.49. The minimum absolute atomic E-state index is 0.205. The number of carbonyl (C=O) groups excluding carboxylic acids is 1. The standard InChI is InChI=1S/C19H16Cl2N4OS3/c1-12(13-6-8-15(20)9-7-13)22-23-17(26)11-28-19-25-24-18(29-19)27-10-14-4-2-3-5-16(14)21/h2-9H,10-11H2,1H3,(H,23,26)/b22-12-. The Morgan fingerprint density at radius 1 is 1.07 bits per heavy atom. The van der Waals surface area contributed by atoms with Gasteiger partial charge in [-0.15, -0.1) is 10.2 Å². The van der Waals surface area contributed by atoms with Gasteiger partial charge in [0.25, 0.3) is 5.91 Å². The lowest BCUT2D eigenvalue weighted by atomic mass is 10.1. The number of hydrazone groups is 1. The molecule has 0 aliphatic heterocycles. The van der Waals surface area contributed by atoms with Gasteiger partial charge in [-0.2, -0.15) is 5.10 Å². The van der Waals surface area contributed by atoms with E-state index in [-0.39, 0.29) is 11.7 Å². The van der Waals surface area contributed by atoms with Crippen molar-refractivity contribution in [2.45, 2.75) is 21.4 Å². The summed E-state index contributed by atoms with van der Waals surface area (Å²) in [5.41, 5.74) is 5.21. The number of rotatable bonds is 8. The van der Waals surface area contributed by atoms with Crippen molar-refractivity contribution in [1.29, 1.82) is 0 Å². The first-order valence-electron chi connectivity index (χ1n) is 8.43. The van der Waals surface area contributed by atoms with Gasteiger partial charge in [-0.1, -0.05) is 88.4 Å². The fourth-order valence-corrected chi connectivity index (χ4v) is 5.35. The lowest BCUT2D eigenvalue weighted by molar-refractivity contribution is -0.118. The van der Waals surface area contributed by atoms with Crippen molar-refractivity contribution in [2.75, 3.05) is 5.75 Å². The van der Waals surface area contributed by atoms with Gasteiger partial charge in [0.15, 0.2) is 8.68 Å². The van der Waals surface area contributed by atoms with Crippen LogP contribution in [0.15, 0.2) is 62.3 Å². The van der Waals surface area contributed by atoms with Crippen molar-refractivity contribution in [1.82, 2.24) is 15.6 Å². The summed E-state index contributed by atoms with van der Waals surface area (Å²) < 4.78 is 1.57. The van der Waals surface area contributed by atoms with Crippen LogP contribution in [-0.4, -0.2) is 27.6 Å². The molecule has 0 saturated heterocycles. The maximum absolute atomic E-state index is 12.0. The second kappa shape index (κ2) is 11.0. The molecule has 0 unspecified atom stereocenters. The minimum atomic E-state index is -0.205. The molecule has 0 saturated carbocycles. The number of thioether (sulfide) groups is 2. The molecule has 1 heterocycles. The topological polar surface area (TPSA) is 67.2 Å². The van der Waals surface area contributed by atoms with Crippen LogP contribution in [0.1, 0.15) is 18.1 Å². The van der Waals surface area contributed by atoms with Crippen LogP contribution in [0.25, 0.3) is 0 Å². The molecule has 0 bridgehead atoms. The first-order valence-corrected chi connectivity index (χ1v) is 12.0. The third-order valence-electron chi connectivity index (χ3n) is 3.63. The largest absolute Gasteiger partial charge is 0.272 e. The zero-order valence-corrected chi connectivity index (χ0v) is 19.2. The van der Waals surface area contributed by atoms with E-state index in [0.717, 1.165) is 30.6 Å². The van der Waals surface area contributed by atoms with Gasteiger partial charge >= 0.3 is 0 Å². The molecule has 2 aromatic carbocycles. The van der Waals surface area contributed by atoms with E-state index in [2.05, 4.69) is 20.7 Å². The van der Waals surface area contributed by atoms with E-state index in [1.54, 1.807) is 23.9 Å². The normalized spacial score (nSPS) is 11.5. The van der Waals surface area contributed by atoms with Gasteiger partial charge in [-0.25, -0.2) is 5.43 Å². The minimum Gasteiger partial charge on any atom is -0.272 e. The predicted molar refractivity (Wildman–Crippen MR) is 123 cm³/mol. The summed E-state index contributed by atoms with van der Waals surface area (Å²) in [6, 6.07) is 15.0. The van der Waals surface area contributed by atoms with Crippen molar-refractivity contribution in [3.8, 4) is 0 Å². The summed E-state index contributed by atoms with van der Waals surface area (Å²) in [5.74, 6) is 0.725. The van der Waals surface area contributed by atoms with E-state index in [0.29, 0.717) is 10.7 Å². The molecule has 1 amide bonds. The highest BCUT2D eigenvalue weighted by molar-refractivity contribution is 8.03. The molecule has 0 aliphatic carbocycles. The molecule has 150 valence electrons. The summed E-state index contributed by atoms with van der Waals surface area (Å²) in [6.07, 6.45) is 0. The molecule has 3 aromatic rings. The van der Waals surface area contributed by atoms with Crippen molar-refractivity contribution >= 4 is 69.7 Å². The van der Waals surface area contributed by atoms with Gasteiger partial charge in [-0.05, 0) is 36.2 Å². The fourth-order valence-electron chi connectivity index (χ4n) is 2.13. The van der Waals surface area contributed by atoms with E-state index in [4.69, 9.17) is 23.2 Å². The van der Waals surface area contributed by atoms with Gasteiger partial charge in [0.05, 0.1) is 11.5 Å². The summed E-state index contributed by atoms with van der Waals surface area (Å²) >= 11 is 16.4. The Hall–Kier alpha value is -1.58. The van der Waals surface area contributed by atoms with Crippen LogP contribution in [0.3, 0.4) is 0 Å². The van der Waals surface area contributed by atoms with Gasteiger partial charge in [0.2, 0.25) is 0 Å². The second-order valence-corrected chi connectivity index (χ2v) is 10.0. The van der Waals surface area contributed by atoms with Gasteiger partial charge in [0.1, 0.15) is 0 Å². The van der Waals surface area contributed by atoms with E-state index in [1.807, 2.05) is 43.3 Å². The van der Waals surface area contributed by atoms with Crippen LogP contribution >= 0.6 is 58.1 Å². The molecule has 1 N–H and O–H groups in total. The number of aromatic nitrogens is 2. The lowest BCUT2D eigenvalue weighted by Gasteiger charge is -2.02. The molecule has 3 rings (SSSR count). The maximum atomic E-state index is 12.0. The zero-order chi connectivity index (χ0) is 20.6. The van der Waals surface area contributed by atoms with Crippen LogP contribution in [0.5, 0.6) is 0 Å².